The van der Waals surface area contributed by atoms with Crippen LogP contribution in [0.15, 0.2) is 54.7 Å². The summed E-state index contributed by atoms with van der Waals surface area (Å²) >= 11 is 0. The fraction of sp³-hybridized carbons (Fsp3) is 0.321. The topological polar surface area (TPSA) is 108 Å². The van der Waals surface area contributed by atoms with Crippen molar-refractivity contribution in [2.24, 2.45) is 0 Å². The molecule has 0 aliphatic carbocycles. The van der Waals surface area contributed by atoms with Crippen LogP contribution < -0.4 is 14.8 Å². The summed E-state index contributed by atoms with van der Waals surface area (Å²) in [4.78, 5) is 14.5. The summed E-state index contributed by atoms with van der Waals surface area (Å²) in [6.45, 7) is 7.40. The third kappa shape index (κ3) is 6.55. The summed E-state index contributed by atoms with van der Waals surface area (Å²) < 4.78 is 17.3. The Hall–Kier alpha value is -4.13. The van der Waals surface area contributed by atoms with E-state index in [1.807, 2.05) is 49.4 Å². The Morgan fingerprint density at radius 2 is 1.97 bits per heavy atom. The maximum absolute atomic E-state index is 9.53. The number of nitrogens with zero attached hydrogens (tertiary/aromatic N) is 4. The summed E-state index contributed by atoms with van der Waals surface area (Å²) in [5, 5.41) is 13.8. The van der Waals surface area contributed by atoms with Crippen LogP contribution in [0.2, 0.25) is 0 Å². The van der Waals surface area contributed by atoms with Gasteiger partial charge in [-0.3, -0.25) is 4.90 Å². The number of nitriles is 1. The van der Waals surface area contributed by atoms with Crippen LogP contribution >= 0.6 is 0 Å². The van der Waals surface area contributed by atoms with Crippen LogP contribution in [0.4, 0.5) is 11.6 Å². The van der Waals surface area contributed by atoms with Crippen molar-refractivity contribution >= 4 is 22.5 Å². The monoisotopic (exact) mass is 498 g/mol. The number of hydrogen-bond acceptors (Lipinski definition) is 8. The highest BCUT2D eigenvalue weighted by Crippen LogP contribution is 2.24. The molecule has 0 spiro atoms. The molecule has 2 aromatic carbocycles. The third-order valence-electron chi connectivity index (χ3n) is 6.17. The fourth-order valence-corrected chi connectivity index (χ4v) is 4.27. The second kappa shape index (κ2) is 11.7. The lowest BCUT2D eigenvalue weighted by Gasteiger charge is -2.26. The number of morpholine rings is 1. The third-order valence-corrected chi connectivity index (χ3v) is 6.17. The molecule has 0 amide bonds. The van der Waals surface area contributed by atoms with Gasteiger partial charge in [-0.05, 0) is 49.7 Å². The first-order valence-electron chi connectivity index (χ1n) is 12.4. The number of nitrogens with one attached hydrogen (secondary N) is 2. The molecule has 0 bridgehead atoms. The van der Waals surface area contributed by atoms with Gasteiger partial charge in [0.25, 0.3) is 0 Å². The standard InChI is InChI=1S/C28H30N6O3/c1-20-14-21-15-25(6-7-26(21)31-20)37-19-27-22(17-29)18-30-28(33-27)32-23-4-2-5-24(16-23)36-11-3-8-34-9-12-35-13-10-34/h2,4-7,14-16,18,31H,3,8-13,19H2,1H3,(H,30,32,33). The van der Waals surface area contributed by atoms with Crippen LogP contribution in [0, 0.1) is 18.3 Å². The molecule has 0 unspecified atom stereocenters. The van der Waals surface area contributed by atoms with Crippen LogP contribution in [-0.4, -0.2) is 59.3 Å². The average molecular weight is 499 g/mol. The maximum atomic E-state index is 9.53. The molecule has 9 heteroatoms. The molecule has 0 saturated carbocycles. The molecule has 0 radical (unpaired) electrons. The molecule has 1 fully saturated rings. The minimum absolute atomic E-state index is 0.154. The molecule has 3 heterocycles. The van der Waals surface area contributed by atoms with E-state index in [-0.39, 0.29) is 6.61 Å². The van der Waals surface area contributed by atoms with Gasteiger partial charge < -0.3 is 24.5 Å². The fourth-order valence-electron chi connectivity index (χ4n) is 4.27. The summed E-state index contributed by atoms with van der Waals surface area (Å²) in [5.74, 6) is 1.88. The Morgan fingerprint density at radius 1 is 1.11 bits per heavy atom. The lowest BCUT2D eigenvalue weighted by atomic mass is 10.2. The number of fused-ring (bicyclic) bond motifs is 1. The minimum Gasteiger partial charge on any atom is -0.493 e. The maximum Gasteiger partial charge on any atom is 0.227 e. The van der Waals surface area contributed by atoms with Crippen molar-refractivity contribution in [2.45, 2.75) is 20.0 Å². The van der Waals surface area contributed by atoms with Crippen LogP contribution in [0.5, 0.6) is 11.5 Å². The molecule has 2 N–H and O–H groups in total. The first-order valence-corrected chi connectivity index (χ1v) is 12.4. The van der Waals surface area contributed by atoms with Crippen molar-refractivity contribution in [1.82, 2.24) is 19.9 Å². The average Bonchev–Trinajstić information content (AvgIpc) is 3.30. The van der Waals surface area contributed by atoms with E-state index < -0.39 is 0 Å². The van der Waals surface area contributed by atoms with Gasteiger partial charge in [-0.2, -0.15) is 5.26 Å². The van der Waals surface area contributed by atoms with Gasteiger partial charge in [0.15, 0.2) is 0 Å². The zero-order chi connectivity index (χ0) is 25.5. The van der Waals surface area contributed by atoms with Gasteiger partial charge in [0.1, 0.15) is 29.9 Å². The number of anilines is 2. The van der Waals surface area contributed by atoms with Crippen molar-refractivity contribution in [3.63, 3.8) is 0 Å². The van der Waals surface area contributed by atoms with Gasteiger partial charge in [0, 0.05) is 48.0 Å². The first kappa shape index (κ1) is 24.6. The van der Waals surface area contributed by atoms with Crippen molar-refractivity contribution < 1.29 is 14.2 Å². The quantitative estimate of drug-likeness (QED) is 0.306. The zero-order valence-corrected chi connectivity index (χ0v) is 20.9. The molecule has 1 aliphatic heterocycles. The Balaban J connectivity index is 1.19. The van der Waals surface area contributed by atoms with E-state index in [1.165, 1.54) is 6.20 Å². The van der Waals surface area contributed by atoms with E-state index in [9.17, 15) is 5.26 Å². The Labute approximate surface area is 216 Å². The minimum atomic E-state index is 0.154. The second-order valence-corrected chi connectivity index (χ2v) is 8.96. The predicted molar refractivity (Wildman–Crippen MR) is 141 cm³/mol. The molecular weight excluding hydrogens is 468 g/mol. The first-order chi connectivity index (χ1) is 18.2. The molecule has 2 aromatic heterocycles. The predicted octanol–water partition coefficient (Wildman–Crippen LogP) is 4.56. The Kier molecular flexibility index (Phi) is 7.79. The number of aromatic nitrogens is 3. The summed E-state index contributed by atoms with van der Waals surface area (Å²) in [6, 6.07) is 17.8. The van der Waals surface area contributed by atoms with Gasteiger partial charge in [0.05, 0.1) is 31.6 Å². The van der Waals surface area contributed by atoms with Crippen LogP contribution in [0.1, 0.15) is 23.4 Å². The van der Waals surface area contributed by atoms with Crippen molar-refractivity contribution in [1.29, 1.82) is 5.26 Å². The number of aryl methyl sites for hydroxylation is 1. The number of ether oxygens (including phenoxy) is 3. The lowest BCUT2D eigenvalue weighted by Crippen LogP contribution is -2.37. The number of rotatable bonds is 10. The van der Waals surface area contributed by atoms with Gasteiger partial charge in [-0.15, -0.1) is 0 Å². The highest BCUT2D eigenvalue weighted by Gasteiger charge is 2.11. The Bertz CT molecular complexity index is 1390. The van der Waals surface area contributed by atoms with Gasteiger partial charge >= 0.3 is 0 Å². The lowest BCUT2D eigenvalue weighted by molar-refractivity contribution is 0.0358. The molecule has 5 rings (SSSR count). The van der Waals surface area contributed by atoms with E-state index >= 15 is 0 Å². The number of hydrogen-bond donors (Lipinski definition) is 2. The molecule has 9 nitrogen and oxygen atoms in total. The van der Waals surface area contributed by atoms with Crippen LogP contribution in [0.3, 0.4) is 0 Å². The van der Waals surface area contributed by atoms with Crippen molar-refractivity contribution in [3.05, 3.63) is 71.7 Å². The van der Waals surface area contributed by atoms with Crippen molar-refractivity contribution in [3.8, 4) is 17.6 Å². The number of benzene rings is 2. The summed E-state index contributed by atoms with van der Waals surface area (Å²) in [5.41, 5.74) is 3.84. The van der Waals surface area contributed by atoms with Crippen molar-refractivity contribution in [2.75, 3.05) is 44.8 Å². The molecule has 190 valence electrons. The van der Waals surface area contributed by atoms with E-state index in [4.69, 9.17) is 14.2 Å². The zero-order valence-electron chi connectivity index (χ0n) is 20.9. The molecule has 4 aromatic rings. The molecule has 1 aliphatic rings. The molecule has 0 atom stereocenters. The molecule has 1 saturated heterocycles. The number of H-pyrrole nitrogens is 1. The molecular formula is C28H30N6O3. The molecule has 37 heavy (non-hydrogen) atoms. The van der Waals surface area contributed by atoms with Crippen LogP contribution in [-0.2, 0) is 11.3 Å². The van der Waals surface area contributed by atoms with Crippen LogP contribution in [0.25, 0.3) is 10.9 Å². The SMILES string of the molecule is Cc1cc2cc(OCc3nc(Nc4cccc(OCCCN5CCOCC5)c4)ncc3C#N)ccc2[nH]1. The largest absolute Gasteiger partial charge is 0.493 e. The van der Waals surface area contributed by atoms with Gasteiger partial charge in [0.2, 0.25) is 5.95 Å². The summed E-state index contributed by atoms with van der Waals surface area (Å²) in [6.07, 6.45) is 2.47. The normalized spacial score (nSPS) is 13.8. The van der Waals surface area contributed by atoms with E-state index in [0.29, 0.717) is 29.6 Å². The van der Waals surface area contributed by atoms with Gasteiger partial charge in [-0.1, -0.05) is 6.07 Å². The second-order valence-electron chi connectivity index (χ2n) is 8.96. The smallest absolute Gasteiger partial charge is 0.227 e. The van der Waals surface area contributed by atoms with E-state index in [2.05, 4.69) is 37.3 Å². The highest BCUT2D eigenvalue weighted by molar-refractivity contribution is 5.81. The number of aromatic amines is 1. The van der Waals surface area contributed by atoms with E-state index in [0.717, 1.165) is 67.3 Å². The van der Waals surface area contributed by atoms with Gasteiger partial charge in [-0.25, -0.2) is 9.97 Å². The van der Waals surface area contributed by atoms with E-state index in [1.54, 1.807) is 0 Å². The Morgan fingerprint density at radius 3 is 2.84 bits per heavy atom. The summed E-state index contributed by atoms with van der Waals surface area (Å²) in [7, 11) is 0. The highest BCUT2D eigenvalue weighted by atomic mass is 16.5.